The van der Waals surface area contributed by atoms with Gasteiger partial charge in [0.05, 0.1) is 20.4 Å². The average Bonchev–Trinajstić information content (AvgIpc) is 2.39. The number of nitrogens with zero attached hydrogens (tertiary/aromatic N) is 2. The third-order valence-corrected chi connectivity index (χ3v) is 1.99. The number of guanidine groups is 1. The standard InChI is InChI=1S/C10H14N4O4/c1-17-7-3-6(4-8(18-2)9(7)15)5-12-13-10(11)14-16/h3-5,15-16H,1-2H3,(H3,11,13,14)/b12-5+. The number of benzene rings is 1. The van der Waals surface area contributed by atoms with Crippen molar-refractivity contribution in [3.63, 3.8) is 0 Å². The fraction of sp³-hybridized carbons (Fsp3) is 0.200. The topological polar surface area (TPSA) is 122 Å². The molecule has 0 atom stereocenters. The van der Waals surface area contributed by atoms with E-state index in [1.165, 1.54) is 20.4 Å². The molecule has 18 heavy (non-hydrogen) atoms. The summed E-state index contributed by atoms with van der Waals surface area (Å²) in [5.74, 6) is 0.141. The highest BCUT2D eigenvalue weighted by molar-refractivity contribution is 5.83. The average molecular weight is 254 g/mol. The summed E-state index contributed by atoms with van der Waals surface area (Å²) in [4.78, 5) is 0. The number of phenols is 1. The first kappa shape index (κ1) is 13.6. The molecule has 1 rings (SSSR count). The summed E-state index contributed by atoms with van der Waals surface area (Å²) in [6.45, 7) is 0. The van der Waals surface area contributed by atoms with Crippen molar-refractivity contribution in [3.05, 3.63) is 17.7 Å². The number of hydrogen-bond donors (Lipinski definition) is 4. The molecule has 0 aromatic heterocycles. The van der Waals surface area contributed by atoms with E-state index in [9.17, 15) is 5.11 Å². The van der Waals surface area contributed by atoms with Crippen molar-refractivity contribution in [2.75, 3.05) is 14.2 Å². The van der Waals surface area contributed by atoms with Crippen molar-refractivity contribution in [2.45, 2.75) is 0 Å². The Morgan fingerprint density at radius 3 is 2.33 bits per heavy atom. The summed E-state index contributed by atoms with van der Waals surface area (Å²) in [6, 6.07) is 3.08. The van der Waals surface area contributed by atoms with Gasteiger partial charge in [0.15, 0.2) is 11.5 Å². The van der Waals surface area contributed by atoms with E-state index in [0.29, 0.717) is 5.56 Å². The fourth-order valence-electron chi connectivity index (χ4n) is 1.17. The minimum absolute atomic E-state index is 0.0998. The molecule has 8 nitrogen and oxygen atoms in total. The number of hydrogen-bond acceptors (Lipinski definition) is 6. The predicted octanol–water partition coefficient (Wildman–Crippen LogP) is 0.0368. The van der Waals surface area contributed by atoms with Crippen LogP contribution < -0.4 is 20.7 Å². The second kappa shape index (κ2) is 6.30. The highest BCUT2D eigenvalue weighted by Gasteiger charge is 2.09. The van der Waals surface area contributed by atoms with Gasteiger partial charge in [0, 0.05) is 5.56 Å². The van der Waals surface area contributed by atoms with Gasteiger partial charge in [-0.05, 0) is 12.1 Å². The zero-order valence-electron chi connectivity index (χ0n) is 9.91. The molecule has 0 bridgehead atoms. The lowest BCUT2D eigenvalue weighted by atomic mass is 10.2. The van der Waals surface area contributed by atoms with Crippen LogP contribution in [0.1, 0.15) is 5.56 Å². The van der Waals surface area contributed by atoms with Crippen LogP contribution in [0.2, 0.25) is 0 Å². The van der Waals surface area contributed by atoms with Gasteiger partial charge >= 0.3 is 0 Å². The highest BCUT2D eigenvalue weighted by Crippen LogP contribution is 2.36. The molecule has 98 valence electrons. The smallest absolute Gasteiger partial charge is 0.237 e. The van der Waals surface area contributed by atoms with E-state index in [2.05, 4.69) is 10.2 Å². The van der Waals surface area contributed by atoms with Gasteiger partial charge in [-0.25, -0.2) is 5.48 Å². The number of nitrogens with one attached hydrogen (secondary N) is 1. The van der Waals surface area contributed by atoms with Crippen molar-refractivity contribution >= 4 is 12.2 Å². The number of phenolic OH excluding ortho intramolecular Hbond substituents is 1. The zero-order valence-corrected chi connectivity index (χ0v) is 9.91. The normalized spacial score (nSPS) is 11.6. The van der Waals surface area contributed by atoms with Crippen LogP contribution >= 0.6 is 0 Å². The Kier molecular flexibility index (Phi) is 4.76. The quantitative estimate of drug-likeness (QED) is 0.342. The van der Waals surface area contributed by atoms with E-state index in [1.54, 1.807) is 17.6 Å². The molecule has 0 aliphatic carbocycles. The summed E-state index contributed by atoms with van der Waals surface area (Å²) in [5, 5.41) is 25.1. The van der Waals surface area contributed by atoms with Gasteiger partial charge in [0.2, 0.25) is 11.7 Å². The van der Waals surface area contributed by atoms with Crippen LogP contribution in [-0.2, 0) is 0 Å². The molecular weight excluding hydrogens is 240 g/mol. The Hall–Kier alpha value is -2.48. The van der Waals surface area contributed by atoms with E-state index in [1.807, 2.05) is 0 Å². The number of rotatable bonds is 4. The van der Waals surface area contributed by atoms with Crippen molar-refractivity contribution in [1.29, 1.82) is 0 Å². The Labute approximate surface area is 103 Å². The van der Waals surface area contributed by atoms with Crippen LogP contribution in [0.5, 0.6) is 17.2 Å². The zero-order chi connectivity index (χ0) is 13.5. The molecule has 0 aliphatic rings. The van der Waals surface area contributed by atoms with Gasteiger partial charge in [-0.1, -0.05) is 0 Å². The van der Waals surface area contributed by atoms with E-state index < -0.39 is 0 Å². The maximum atomic E-state index is 9.68. The Bertz CT molecular complexity index is 448. The number of hydroxylamine groups is 1. The molecule has 8 heteroatoms. The van der Waals surface area contributed by atoms with Gasteiger partial charge in [-0.2, -0.15) is 5.10 Å². The molecule has 0 heterocycles. The van der Waals surface area contributed by atoms with Gasteiger partial charge in [0.25, 0.3) is 0 Å². The molecule has 0 saturated heterocycles. The largest absolute Gasteiger partial charge is 0.502 e. The van der Waals surface area contributed by atoms with Crippen molar-refractivity contribution in [2.24, 2.45) is 15.9 Å². The predicted molar refractivity (Wildman–Crippen MR) is 65.3 cm³/mol. The van der Waals surface area contributed by atoms with Crippen LogP contribution in [0.4, 0.5) is 0 Å². The van der Waals surface area contributed by atoms with Crippen molar-refractivity contribution in [1.82, 2.24) is 5.48 Å². The minimum Gasteiger partial charge on any atom is -0.502 e. The SMILES string of the molecule is COc1cc(/C=N/N=C(\N)NO)cc(OC)c1O. The van der Waals surface area contributed by atoms with Gasteiger partial charge < -0.3 is 20.3 Å². The number of nitrogens with two attached hydrogens (primary N) is 1. The summed E-state index contributed by atoms with van der Waals surface area (Å²) in [6.07, 6.45) is 1.36. The molecule has 0 saturated carbocycles. The first-order valence-electron chi connectivity index (χ1n) is 4.84. The lowest BCUT2D eigenvalue weighted by molar-refractivity contribution is 0.232. The number of aromatic hydroxyl groups is 1. The van der Waals surface area contributed by atoms with Gasteiger partial charge in [-0.3, -0.25) is 5.21 Å². The highest BCUT2D eigenvalue weighted by atomic mass is 16.5. The molecule has 0 aliphatic heterocycles. The maximum absolute atomic E-state index is 9.68. The van der Waals surface area contributed by atoms with Crippen LogP contribution in [0, 0.1) is 0 Å². The second-order valence-corrected chi connectivity index (χ2v) is 3.12. The third-order valence-electron chi connectivity index (χ3n) is 1.99. The summed E-state index contributed by atoms with van der Waals surface area (Å²) < 4.78 is 9.94. The summed E-state index contributed by atoms with van der Waals surface area (Å²) in [5.41, 5.74) is 7.37. The van der Waals surface area contributed by atoms with Crippen molar-refractivity contribution in [3.8, 4) is 17.2 Å². The van der Waals surface area contributed by atoms with Crippen LogP contribution in [-0.4, -0.2) is 36.7 Å². The van der Waals surface area contributed by atoms with Crippen molar-refractivity contribution < 1.29 is 19.8 Å². The molecule has 5 N–H and O–H groups in total. The number of ether oxygens (including phenoxy) is 2. The second-order valence-electron chi connectivity index (χ2n) is 3.12. The minimum atomic E-state index is -0.246. The molecule has 0 spiro atoms. The first-order valence-corrected chi connectivity index (χ1v) is 4.84. The van der Waals surface area contributed by atoms with E-state index in [-0.39, 0.29) is 23.2 Å². The van der Waals surface area contributed by atoms with E-state index in [0.717, 1.165) is 0 Å². The number of methoxy groups -OCH3 is 2. The van der Waals surface area contributed by atoms with Gasteiger partial charge in [-0.15, -0.1) is 5.10 Å². The monoisotopic (exact) mass is 254 g/mol. The molecule has 1 aromatic rings. The summed E-state index contributed by atoms with van der Waals surface area (Å²) in [7, 11) is 2.84. The Morgan fingerprint density at radius 1 is 1.33 bits per heavy atom. The van der Waals surface area contributed by atoms with E-state index >= 15 is 0 Å². The Morgan fingerprint density at radius 2 is 1.89 bits per heavy atom. The van der Waals surface area contributed by atoms with Crippen LogP contribution in [0.3, 0.4) is 0 Å². The fourth-order valence-corrected chi connectivity index (χ4v) is 1.17. The first-order chi connectivity index (χ1) is 8.62. The molecular formula is C10H14N4O4. The molecule has 0 unspecified atom stereocenters. The third kappa shape index (κ3) is 3.25. The van der Waals surface area contributed by atoms with Gasteiger partial charge in [0.1, 0.15) is 0 Å². The Balaban J connectivity index is 3.03. The molecule has 0 fully saturated rings. The molecule has 1 aromatic carbocycles. The lowest BCUT2D eigenvalue weighted by Gasteiger charge is -2.08. The van der Waals surface area contributed by atoms with E-state index in [4.69, 9.17) is 20.4 Å². The molecule has 0 radical (unpaired) electrons. The summed E-state index contributed by atoms with van der Waals surface area (Å²) >= 11 is 0. The molecule has 0 amide bonds. The van der Waals surface area contributed by atoms with Crippen LogP contribution in [0.25, 0.3) is 0 Å². The van der Waals surface area contributed by atoms with Crippen LogP contribution in [0.15, 0.2) is 22.3 Å². The lowest BCUT2D eigenvalue weighted by Crippen LogP contribution is -2.27. The maximum Gasteiger partial charge on any atom is 0.237 e.